The second kappa shape index (κ2) is 9.71. The molecule has 1 amide bonds. The third-order valence-electron chi connectivity index (χ3n) is 6.31. The summed E-state index contributed by atoms with van der Waals surface area (Å²) in [5.41, 5.74) is 2.08. The maximum atomic E-state index is 13.7. The van der Waals surface area contributed by atoms with Crippen molar-refractivity contribution in [2.24, 2.45) is 0 Å². The highest BCUT2D eigenvalue weighted by atomic mass is 19.1. The molecule has 3 aromatic rings. The molecule has 184 valence electrons. The molecular weight excluding hydrogens is 458 g/mol. The van der Waals surface area contributed by atoms with Gasteiger partial charge in [-0.3, -0.25) is 9.78 Å². The van der Waals surface area contributed by atoms with Crippen LogP contribution in [0.1, 0.15) is 35.4 Å². The molecule has 35 heavy (non-hydrogen) atoms. The Balaban J connectivity index is 1.55. The summed E-state index contributed by atoms with van der Waals surface area (Å²) in [6.07, 6.45) is 1.61. The maximum absolute atomic E-state index is 13.7. The Kier molecular flexibility index (Phi) is 6.48. The first kappa shape index (κ1) is 23.4. The number of aliphatic hydroxyl groups excluding tert-OH is 1. The highest BCUT2D eigenvalue weighted by molar-refractivity contribution is 5.98. The van der Waals surface area contributed by atoms with E-state index in [9.17, 15) is 18.7 Å². The molecule has 1 aromatic heterocycles. The molecule has 5 rings (SSSR count). The van der Waals surface area contributed by atoms with Gasteiger partial charge in [-0.1, -0.05) is 0 Å². The number of benzene rings is 2. The first-order valence-corrected chi connectivity index (χ1v) is 11.6. The first-order valence-electron chi connectivity index (χ1n) is 11.6. The molecule has 2 aromatic carbocycles. The molecule has 2 atom stereocenters. The van der Waals surface area contributed by atoms with E-state index in [1.807, 2.05) is 4.90 Å². The molecule has 10 heteroatoms. The SMILES string of the molecule is CC(Oc1cc(F)cc(F)c1)c1cc(C(=O)N2CCC2)cc2ncc(N3CCOC(CO)C3)nc12. The van der Waals surface area contributed by atoms with E-state index in [1.165, 1.54) is 0 Å². The Morgan fingerprint density at radius 1 is 1.20 bits per heavy atom. The van der Waals surface area contributed by atoms with Crippen LogP contribution in [0.25, 0.3) is 11.0 Å². The quantitative estimate of drug-likeness (QED) is 0.575. The Morgan fingerprint density at radius 2 is 1.97 bits per heavy atom. The summed E-state index contributed by atoms with van der Waals surface area (Å²) >= 11 is 0. The fraction of sp³-hybridized carbons (Fsp3) is 0.400. The summed E-state index contributed by atoms with van der Waals surface area (Å²) in [5.74, 6) is -0.955. The van der Waals surface area contributed by atoms with Gasteiger partial charge < -0.3 is 24.4 Å². The summed E-state index contributed by atoms with van der Waals surface area (Å²) in [7, 11) is 0. The van der Waals surface area contributed by atoms with Crippen molar-refractivity contribution < 1.29 is 28.2 Å². The van der Waals surface area contributed by atoms with Gasteiger partial charge in [-0.15, -0.1) is 0 Å². The van der Waals surface area contributed by atoms with Gasteiger partial charge in [0.05, 0.1) is 36.5 Å². The van der Waals surface area contributed by atoms with Crippen molar-refractivity contribution >= 4 is 22.8 Å². The van der Waals surface area contributed by atoms with Gasteiger partial charge in [0.15, 0.2) is 0 Å². The molecule has 2 aliphatic heterocycles. The zero-order chi connectivity index (χ0) is 24.5. The van der Waals surface area contributed by atoms with Crippen molar-refractivity contribution in [2.75, 3.05) is 44.3 Å². The van der Waals surface area contributed by atoms with Crippen LogP contribution in [-0.2, 0) is 4.74 Å². The number of nitrogens with zero attached hydrogens (tertiary/aromatic N) is 4. The minimum absolute atomic E-state index is 0.0331. The molecule has 0 spiro atoms. The summed E-state index contributed by atoms with van der Waals surface area (Å²) in [6.45, 7) is 4.55. The van der Waals surface area contributed by atoms with Crippen LogP contribution in [-0.4, -0.2) is 71.4 Å². The second-order valence-electron chi connectivity index (χ2n) is 8.79. The molecule has 0 saturated carbocycles. The number of ether oxygens (including phenoxy) is 2. The van der Waals surface area contributed by atoms with Crippen LogP contribution in [0.4, 0.5) is 14.6 Å². The van der Waals surface area contributed by atoms with Crippen molar-refractivity contribution in [1.82, 2.24) is 14.9 Å². The van der Waals surface area contributed by atoms with E-state index < -0.39 is 17.7 Å². The predicted octanol–water partition coefficient (Wildman–Crippen LogP) is 3.09. The Morgan fingerprint density at radius 3 is 2.66 bits per heavy atom. The maximum Gasteiger partial charge on any atom is 0.253 e. The normalized spacial score (nSPS) is 18.9. The van der Waals surface area contributed by atoms with Crippen LogP contribution >= 0.6 is 0 Å². The van der Waals surface area contributed by atoms with Gasteiger partial charge in [0.1, 0.15) is 29.3 Å². The van der Waals surface area contributed by atoms with Crippen LogP contribution in [0.2, 0.25) is 0 Å². The van der Waals surface area contributed by atoms with E-state index in [-0.39, 0.29) is 24.4 Å². The fourth-order valence-corrected chi connectivity index (χ4v) is 4.32. The Bertz CT molecular complexity index is 1230. The number of hydrogen-bond donors (Lipinski definition) is 1. The Labute approximate surface area is 201 Å². The average Bonchev–Trinajstić information content (AvgIpc) is 2.81. The monoisotopic (exact) mass is 484 g/mol. The highest BCUT2D eigenvalue weighted by Gasteiger charge is 2.26. The van der Waals surface area contributed by atoms with Crippen LogP contribution in [0.15, 0.2) is 36.5 Å². The molecule has 2 unspecified atom stereocenters. The largest absolute Gasteiger partial charge is 0.486 e. The smallest absolute Gasteiger partial charge is 0.253 e. The van der Waals surface area contributed by atoms with Crippen LogP contribution in [0, 0.1) is 11.6 Å². The summed E-state index contributed by atoms with van der Waals surface area (Å²) < 4.78 is 38.9. The molecule has 0 radical (unpaired) electrons. The number of amides is 1. The van der Waals surface area contributed by atoms with Gasteiger partial charge in [-0.25, -0.2) is 13.8 Å². The number of fused-ring (bicyclic) bond motifs is 1. The summed E-state index contributed by atoms with van der Waals surface area (Å²) in [6, 6.07) is 6.42. The van der Waals surface area contributed by atoms with Gasteiger partial charge in [0, 0.05) is 55.5 Å². The zero-order valence-corrected chi connectivity index (χ0v) is 19.3. The van der Waals surface area contributed by atoms with Gasteiger partial charge in [0.2, 0.25) is 0 Å². The molecule has 1 N–H and O–H groups in total. The number of rotatable bonds is 6. The molecule has 2 fully saturated rings. The van der Waals surface area contributed by atoms with Crippen molar-refractivity contribution in [3.05, 3.63) is 59.3 Å². The van der Waals surface area contributed by atoms with Crippen molar-refractivity contribution in [3.63, 3.8) is 0 Å². The number of aromatic nitrogens is 2. The minimum Gasteiger partial charge on any atom is -0.486 e. The minimum atomic E-state index is -0.744. The number of anilines is 1. The number of halogens is 2. The van der Waals surface area contributed by atoms with Crippen LogP contribution < -0.4 is 9.64 Å². The van der Waals surface area contributed by atoms with Crippen LogP contribution in [0.5, 0.6) is 5.75 Å². The molecule has 0 bridgehead atoms. The lowest BCUT2D eigenvalue weighted by atomic mass is 10.0. The third kappa shape index (κ3) is 4.89. The number of hydrogen-bond acceptors (Lipinski definition) is 7. The second-order valence-corrected chi connectivity index (χ2v) is 8.79. The van der Waals surface area contributed by atoms with Crippen LogP contribution in [0.3, 0.4) is 0 Å². The van der Waals surface area contributed by atoms with E-state index in [0.29, 0.717) is 60.8 Å². The number of carbonyl (C=O) groups is 1. The molecular formula is C25H26F2N4O4. The van der Waals surface area contributed by atoms with Gasteiger partial charge in [0.25, 0.3) is 5.91 Å². The van der Waals surface area contributed by atoms with E-state index in [0.717, 1.165) is 24.6 Å². The number of aliphatic hydroxyl groups is 1. The van der Waals surface area contributed by atoms with E-state index in [4.69, 9.17) is 14.5 Å². The van der Waals surface area contributed by atoms with Crippen molar-refractivity contribution in [1.29, 1.82) is 0 Å². The molecule has 3 heterocycles. The van der Waals surface area contributed by atoms with Gasteiger partial charge in [-0.2, -0.15) is 0 Å². The number of likely N-dealkylation sites (tertiary alicyclic amines) is 1. The zero-order valence-electron chi connectivity index (χ0n) is 19.3. The van der Waals surface area contributed by atoms with Crippen molar-refractivity contribution in [2.45, 2.75) is 25.6 Å². The van der Waals surface area contributed by atoms with Gasteiger partial charge >= 0.3 is 0 Å². The number of morpholine rings is 1. The van der Waals surface area contributed by atoms with Gasteiger partial charge in [-0.05, 0) is 25.5 Å². The lowest BCUT2D eigenvalue weighted by molar-refractivity contribution is 0.00336. The highest BCUT2D eigenvalue weighted by Crippen LogP contribution is 2.31. The average molecular weight is 485 g/mol. The van der Waals surface area contributed by atoms with E-state index in [1.54, 1.807) is 30.2 Å². The molecule has 8 nitrogen and oxygen atoms in total. The summed E-state index contributed by atoms with van der Waals surface area (Å²) in [5, 5.41) is 9.48. The van der Waals surface area contributed by atoms with E-state index >= 15 is 0 Å². The first-order chi connectivity index (χ1) is 16.9. The Hall–Kier alpha value is -3.37. The van der Waals surface area contributed by atoms with Crippen molar-refractivity contribution in [3.8, 4) is 5.75 Å². The fourth-order valence-electron chi connectivity index (χ4n) is 4.32. The lowest BCUT2D eigenvalue weighted by Gasteiger charge is -2.33. The predicted molar refractivity (Wildman–Crippen MR) is 124 cm³/mol. The topological polar surface area (TPSA) is 88.0 Å². The van der Waals surface area contributed by atoms with E-state index in [2.05, 4.69) is 4.98 Å². The molecule has 0 aliphatic carbocycles. The third-order valence-corrected chi connectivity index (χ3v) is 6.31. The number of carbonyl (C=O) groups excluding carboxylic acids is 1. The standard InChI is InChI=1S/C25H26F2N4O4/c1-15(35-19-10-17(26)9-18(27)11-19)21-7-16(25(33)30-3-2-4-30)8-22-24(21)29-23(12-28-22)31-5-6-34-20(13-31)14-32/h7-12,15,20,32H,2-6,13-14H2,1H3. The summed E-state index contributed by atoms with van der Waals surface area (Å²) in [4.78, 5) is 26.1. The lowest BCUT2D eigenvalue weighted by Crippen LogP contribution is -2.44. The molecule has 2 aliphatic rings. The molecule has 2 saturated heterocycles.